The van der Waals surface area contributed by atoms with E-state index >= 15 is 0 Å². The number of nitriles is 2. The molecule has 2 rings (SSSR count). The minimum Gasteiger partial charge on any atom is -0.393 e. The Labute approximate surface area is 155 Å². The summed E-state index contributed by atoms with van der Waals surface area (Å²) in [6.07, 6.45) is 1.94. The highest BCUT2D eigenvalue weighted by Gasteiger charge is 2.16. The molecule has 0 unspecified atom stereocenters. The van der Waals surface area contributed by atoms with Crippen molar-refractivity contribution >= 4 is 46.2 Å². The zero-order valence-corrected chi connectivity index (χ0v) is 14.7. The molecule has 0 atom stereocenters. The van der Waals surface area contributed by atoms with Gasteiger partial charge in [0.2, 0.25) is 0 Å². The third-order valence-electron chi connectivity index (χ3n) is 3.35. The summed E-state index contributed by atoms with van der Waals surface area (Å²) in [5, 5.41) is 21.4. The highest BCUT2D eigenvalue weighted by atomic mass is 35.5. The van der Waals surface area contributed by atoms with Crippen molar-refractivity contribution in [2.45, 2.75) is 12.8 Å². The summed E-state index contributed by atoms with van der Waals surface area (Å²) in [4.78, 5) is 10.1. The summed E-state index contributed by atoms with van der Waals surface area (Å²) < 4.78 is 0. The van der Waals surface area contributed by atoms with Gasteiger partial charge in [-0.25, -0.2) is 9.97 Å². The highest BCUT2D eigenvalue weighted by Crippen LogP contribution is 2.34. The number of anilines is 4. The molecular weight excluding hydrogens is 361 g/mol. The maximum absolute atomic E-state index is 8.82. The Hall–Kier alpha value is -2.74. The van der Waals surface area contributed by atoms with Crippen LogP contribution in [-0.4, -0.2) is 23.1 Å². The Kier molecular flexibility index (Phi) is 6.64. The molecule has 0 aliphatic heterocycles. The maximum atomic E-state index is 8.82. The normalized spacial score (nSPS) is 9.92. The number of nitrogen functional groups attached to an aromatic ring is 1. The molecule has 128 valence electrons. The molecule has 0 aliphatic carbocycles. The van der Waals surface area contributed by atoms with E-state index in [-0.39, 0.29) is 12.8 Å². The molecule has 0 radical (unpaired) electrons. The predicted octanol–water partition coefficient (Wildman–Crippen LogP) is 3.74. The first-order chi connectivity index (χ1) is 12.1. The first-order valence-corrected chi connectivity index (χ1v) is 8.14. The molecule has 0 saturated heterocycles. The summed E-state index contributed by atoms with van der Waals surface area (Å²) in [6, 6.07) is 9.33. The van der Waals surface area contributed by atoms with Crippen molar-refractivity contribution in [3.05, 3.63) is 34.6 Å². The first-order valence-electron chi connectivity index (χ1n) is 7.38. The molecule has 1 aromatic carbocycles. The molecule has 0 bridgehead atoms. The molecular formula is C16H15Cl2N7. The van der Waals surface area contributed by atoms with E-state index in [9.17, 15) is 0 Å². The van der Waals surface area contributed by atoms with E-state index in [0.717, 1.165) is 0 Å². The van der Waals surface area contributed by atoms with Crippen LogP contribution in [-0.2, 0) is 0 Å². The molecule has 3 N–H and O–H groups in total. The van der Waals surface area contributed by atoms with E-state index in [1.165, 1.54) is 6.33 Å². The van der Waals surface area contributed by atoms with Crippen LogP contribution in [0.5, 0.6) is 0 Å². The van der Waals surface area contributed by atoms with Gasteiger partial charge in [0.1, 0.15) is 12.0 Å². The van der Waals surface area contributed by atoms with Crippen LogP contribution >= 0.6 is 23.2 Å². The minimum absolute atomic E-state index is 0.289. The van der Waals surface area contributed by atoms with Crippen LogP contribution in [0.1, 0.15) is 12.8 Å². The topological polar surface area (TPSA) is 115 Å². The number of nitrogens with one attached hydrogen (secondary N) is 1. The number of nitrogens with two attached hydrogens (primary N) is 1. The van der Waals surface area contributed by atoms with E-state index in [0.29, 0.717) is 46.1 Å². The molecule has 0 spiro atoms. The monoisotopic (exact) mass is 375 g/mol. The minimum atomic E-state index is 0.289. The van der Waals surface area contributed by atoms with Gasteiger partial charge in [-0.15, -0.1) is 0 Å². The lowest BCUT2D eigenvalue weighted by molar-refractivity contribution is 0.782. The second-order valence-corrected chi connectivity index (χ2v) is 5.77. The van der Waals surface area contributed by atoms with Crippen molar-refractivity contribution in [3.8, 4) is 12.1 Å². The molecule has 25 heavy (non-hydrogen) atoms. The number of aromatic nitrogens is 2. The van der Waals surface area contributed by atoms with Crippen molar-refractivity contribution in [3.63, 3.8) is 0 Å². The molecule has 7 nitrogen and oxygen atoms in total. The van der Waals surface area contributed by atoms with Crippen LogP contribution in [0, 0.1) is 22.7 Å². The lowest BCUT2D eigenvalue weighted by atomic mass is 10.3. The predicted molar refractivity (Wildman–Crippen MR) is 98.9 cm³/mol. The zero-order valence-electron chi connectivity index (χ0n) is 13.2. The number of rotatable bonds is 7. The molecule has 0 amide bonds. The molecule has 2 aromatic rings. The van der Waals surface area contributed by atoms with E-state index in [2.05, 4.69) is 27.4 Å². The Balaban J connectivity index is 2.33. The maximum Gasteiger partial charge on any atom is 0.159 e. The number of hydrogen-bond acceptors (Lipinski definition) is 7. The van der Waals surface area contributed by atoms with Gasteiger partial charge >= 0.3 is 0 Å². The summed E-state index contributed by atoms with van der Waals surface area (Å²) >= 11 is 12.2. The summed E-state index contributed by atoms with van der Waals surface area (Å²) in [6.45, 7) is 0.827. The molecule has 1 aromatic heterocycles. The standard InChI is InChI=1S/C16H15Cl2N7/c17-11-4-1-5-12(13(11)18)24-15-14(21)16(23-10-22-15)25(8-2-6-19)9-3-7-20/h1,4-5,10H,2-3,8-9,21H2,(H,22,23,24). The van der Waals surface area contributed by atoms with Crippen molar-refractivity contribution in [1.82, 2.24) is 9.97 Å². The van der Waals surface area contributed by atoms with Gasteiger partial charge in [0.25, 0.3) is 0 Å². The van der Waals surface area contributed by atoms with Crippen LogP contribution in [0.2, 0.25) is 10.0 Å². The van der Waals surface area contributed by atoms with Crippen molar-refractivity contribution in [2.75, 3.05) is 29.0 Å². The van der Waals surface area contributed by atoms with Gasteiger partial charge in [-0.2, -0.15) is 10.5 Å². The van der Waals surface area contributed by atoms with Crippen molar-refractivity contribution < 1.29 is 0 Å². The van der Waals surface area contributed by atoms with Gasteiger partial charge in [0, 0.05) is 13.1 Å². The number of hydrogen-bond donors (Lipinski definition) is 2. The van der Waals surface area contributed by atoms with Crippen LogP contribution in [0.25, 0.3) is 0 Å². The molecule has 0 aliphatic rings. The van der Waals surface area contributed by atoms with Gasteiger partial charge in [-0.3, -0.25) is 0 Å². The van der Waals surface area contributed by atoms with Gasteiger partial charge in [-0.1, -0.05) is 29.3 Å². The third-order valence-corrected chi connectivity index (χ3v) is 4.17. The lowest BCUT2D eigenvalue weighted by Crippen LogP contribution is -2.27. The molecule has 0 saturated carbocycles. The van der Waals surface area contributed by atoms with Crippen LogP contribution in [0.4, 0.5) is 23.0 Å². The first kappa shape index (κ1) is 18.6. The van der Waals surface area contributed by atoms with Gasteiger partial charge in [0.05, 0.1) is 40.7 Å². The van der Waals surface area contributed by atoms with E-state index in [4.69, 9.17) is 39.5 Å². The summed E-state index contributed by atoms with van der Waals surface area (Å²) in [7, 11) is 0. The molecule has 0 fully saturated rings. The summed E-state index contributed by atoms with van der Waals surface area (Å²) in [5.41, 5.74) is 7.05. The molecule has 1 heterocycles. The van der Waals surface area contributed by atoms with Crippen molar-refractivity contribution in [2.24, 2.45) is 0 Å². The molecule has 9 heteroatoms. The van der Waals surface area contributed by atoms with E-state index < -0.39 is 0 Å². The van der Waals surface area contributed by atoms with Crippen LogP contribution in [0.15, 0.2) is 24.5 Å². The number of nitrogens with zero attached hydrogens (tertiary/aromatic N) is 5. The Morgan fingerprint density at radius 2 is 1.80 bits per heavy atom. The second kappa shape index (κ2) is 8.93. The average molecular weight is 376 g/mol. The fourth-order valence-electron chi connectivity index (χ4n) is 2.16. The highest BCUT2D eigenvalue weighted by molar-refractivity contribution is 6.43. The van der Waals surface area contributed by atoms with Crippen LogP contribution in [0.3, 0.4) is 0 Å². The van der Waals surface area contributed by atoms with Gasteiger partial charge in [-0.05, 0) is 12.1 Å². The quantitative estimate of drug-likeness (QED) is 0.756. The van der Waals surface area contributed by atoms with Gasteiger partial charge in [0.15, 0.2) is 11.6 Å². The average Bonchev–Trinajstić information content (AvgIpc) is 2.61. The number of halogens is 2. The fraction of sp³-hybridized carbons (Fsp3) is 0.250. The number of benzene rings is 1. The fourth-order valence-corrected chi connectivity index (χ4v) is 2.51. The van der Waals surface area contributed by atoms with Crippen molar-refractivity contribution in [1.29, 1.82) is 10.5 Å². The Morgan fingerprint density at radius 1 is 1.12 bits per heavy atom. The largest absolute Gasteiger partial charge is 0.393 e. The van der Waals surface area contributed by atoms with E-state index in [1.54, 1.807) is 23.1 Å². The van der Waals surface area contributed by atoms with Gasteiger partial charge < -0.3 is 16.0 Å². The Bertz CT molecular complexity index is 808. The zero-order chi connectivity index (χ0) is 18.2. The smallest absolute Gasteiger partial charge is 0.159 e. The SMILES string of the molecule is N#CCCN(CCC#N)c1ncnc(Nc2cccc(Cl)c2Cl)c1N. The van der Waals surface area contributed by atoms with E-state index in [1.807, 2.05) is 0 Å². The van der Waals surface area contributed by atoms with Crippen LogP contribution < -0.4 is 16.0 Å². The summed E-state index contributed by atoms with van der Waals surface area (Å²) in [5.74, 6) is 0.828. The lowest BCUT2D eigenvalue weighted by Gasteiger charge is -2.23. The Morgan fingerprint density at radius 3 is 2.44 bits per heavy atom. The third kappa shape index (κ3) is 4.63. The second-order valence-electron chi connectivity index (χ2n) is 4.99.